The first-order valence-corrected chi connectivity index (χ1v) is 13.1. The van der Waals surface area contributed by atoms with E-state index in [1.54, 1.807) is 11.3 Å². The molecule has 2 aliphatic heterocycles. The van der Waals surface area contributed by atoms with Crippen molar-refractivity contribution in [3.63, 3.8) is 0 Å². The predicted molar refractivity (Wildman–Crippen MR) is 152 cm³/mol. The molecule has 1 unspecified atom stereocenters. The van der Waals surface area contributed by atoms with Crippen LogP contribution in [-0.4, -0.2) is 21.5 Å². The van der Waals surface area contributed by atoms with E-state index in [9.17, 15) is 0 Å². The van der Waals surface area contributed by atoms with Gasteiger partial charge in [0.15, 0.2) is 17.5 Å². The summed E-state index contributed by atoms with van der Waals surface area (Å²) in [6.07, 6.45) is 0. The molecule has 0 spiro atoms. The molecule has 0 saturated heterocycles. The summed E-state index contributed by atoms with van der Waals surface area (Å²) in [5, 5.41) is 10.7. The van der Waals surface area contributed by atoms with Crippen LogP contribution in [0.25, 0.3) is 5.69 Å². The summed E-state index contributed by atoms with van der Waals surface area (Å²) in [5.74, 6) is 2.33. The van der Waals surface area contributed by atoms with Crippen LogP contribution in [0.3, 0.4) is 0 Å². The first-order chi connectivity index (χ1) is 18.2. The summed E-state index contributed by atoms with van der Waals surface area (Å²) in [4.78, 5) is 13.9. The molecule has 0 bridgehead atoms. The third kappa shape index (κ3) is 3.58. The van der Waals surface area contributed by atoms with Crippen molar-refractivity contribution in [3.8, 4) is 5.69 Å². The van der Waals surface area contributed by atoms with Gasteiger partial charge in [-0.1, -0.05) is 54.1 Å². The Labute approximate surface area is 219 Å². The van der Waals surface area contributed by atoms with Gasteiger partial charge < -0.3 is 10.2 Å². The zero-order valence-electron chi connectivity index (χ0n) is 20.5. The summed E-state index contributed by atoms with van der Waals surface area (Å²) in [6, 6.07) is 31.0. The number of hydrogen-bond donors (Lipinski definition) is 1. The van der Waals surface area contributed by atoms with Gasteiger partial charge >= 0.3 is 0 Å². The quantitative estimate of drug-likeness (QED) is 0.282. The van der Waals surface area contributed by atoms with Crippen LogP contribution in [0.4, 0.5) is 22.9 Å². The number of fused-ring (bicyclic) bond motifs is 4. The Morgan fingerprint density at radius 1 is 0.811 bits per heavy atom. The highest BCUT2D eigenvalue weighted by atomic mass is 32.1. The average molecular weight is 501 g/mol. The van der Waals surface area contributed by atoms with E-state index in [4.69, 9.17) is 15.1 Å². The molecule has 0 radical (unpaired) electrons. The summed E-state index contributed by atoms with van der Waals surface area (Å²) < 4.78 is 1.97. The van der Waals surface area contributed by atoms with Crippen LogP contribution in [0.1, 0.15) is 27.7 Å². The number of amidine groups is 2. The Hall–Kier alpha value is -4.49. The van der Waals surface area contributed by atoms with Crippen LogP contribution >= 0.6 is 11.3 Å². The summed E-state index contributed by atoms with van der Waals surface area (Å²) in [5.41, 5.74) is 7.19. The lowest BCUT2D eigenvalue weighted by atomic mass is 9.98. The maximum absolute atomic E-state index is 5.28. The second-order valence-corrected chi connectivity index (χ2v) is 10.2. The van der Waals surface area contributed by atoms with Gasteiger partial charge in [0.05, 0.1) is 22.8 Å². The molecule has 37 heavy (non-hydrogen) atoms. The number of aromatic nitrogens is 2. The Morgan fingerprint density at radius 3 is 2.38 bits per heavy atom. The Kier molecular flexibility index (Phi) is 5.04. The van der Waals surface area contributed by atoms with Gasteiger partial charge in [0, 0.05) is 16.1 Å². The number of anilines is 2. The molecule has 5 aromatic rings. The molecule has 0 saturated carbocycles. The number of benzene rings is 3. The fourth-order valence-electron chi connectivity index (χ4n) is 5.04. The summed E-state index contributed by atoms with van der Waals surface area (Å²) >= 11 is 1.75. The molecule has 7 rings (SSSR count). The van der Waals surface area contributed by atoms with Gasteiger partial charge in [0.1, 0.15) is 6.04 Å². The highest BCUT2D eigenvalue weighted by Crippen LogP contribution is 2.49. The van der Waals surface area contributed by atoms with Crippen molar-refractivity contribution in [1.82, 2.24) is 9.78 Å². The number of hydrogen-bond acceptors (Lipinski definition) is 6. The van der Waals surface area contributed by atoms with Crippen molar-refractivity contribution < 1.29 is 0 Å². The van der Waals surface area contributed by atoms with E-state index in [1.807, 2.05) is 41.1 Å². The van der Waals surface area contributed by atoms with Crippen molar-refractivity contribution in [2.75, 3.05) is 10.2 Å². The number of nitrogens with one attached hydrogen (secondary N) is 1. The van der Waals surface area contributed by atoms with Crippen molar-refractivity contribution in [3.05, 3.63) is 118 Å². The van der Waals surface area contributed by atoms with Crippen molar-refractivity contribution >= 4 is 45.9 Å². The number of aliphatic imine (C=N–C) groups is 2. The maximum Gasteiger partial charge on any atom is 0.179 e. The number of para-hydroxylation sites is 3. The molecule has 6 nitrogen and oxygen atoms in total. The monoisotopic (exact) mass is 500 g/mol. The Bertz CT molecular complexity index is 1660. The van der Waals surface area contributed by atoms with E-state index >= 15 is 0 Å². The Morgan fingerprint density at radius 2 is 1.59 bits per heavy atom. The zero-order valence-corrected chi connectivity index (χ0v) is 21.3. The van der Waals surface area contributed by atoms with Gasteiger partial charge in [-0.2, -0.15) is 5.10 Å². The number of rotatable bonds is 3. The minimum atomic E-state index is -0.0779. The molecule has 2 aromatic heterocycles. The minimum absolute atomic E-state index is 0.0779. The first-order valence-electron chi connectivity index (χ1n) is 12.3. The molecular formula is C30H24N6S. The van der Waals surface area contributed by atoms with Gasteiger partial charge in [-0.15, -0.1) is 11.3 Å². The summed E-state index contributed by atoms with van der Waals surface area (Å²) in [7, 11) is 0. The van der Waals surface area contributed by atoms with Gasteiger partial charge in [0.2, 0.25) is 0 Å². The Balaban J connectivity index is 1.49. The molecule has 0 aliphatic carbocycles. The topological polar surface area (TPSA) is 57.8 Å². The van der Waals surface area contributed by atoms with Crippen molar-refractivity contribution in [2.45, 2.75) is 19.9 Å². The summed E-state index contributed by atoms with van der Waals surface area (Å²) in [6.45, 7) is 4.17. The molecule has 1 N–H and O–H groups in total. The molecular weight excluding hydrogens is 476 g/mol. The lowest BCUT2D eigenvalue weighted by Gasteiger charge is -2.40. The highest BCUT2D eigenvalue weighted by Gasteiger charge is 2.41. The maximum atomic E-state index is 5.28. The van der Waals surface area contributed by atoms with Gasteiger partial charge in [-0.25, -0.2) is 14.7 Å². The van der Waals surface area contributed by atoms with E-state index in [1.165, 1.54) is 10.4 Å². The largest absolute Gasteiger partial charge is 0.337 e. The molecule has 7 heteroatoms. The van der Waals surface area contributed by atoms with E-state index in [0.29, 0.717) is 5.84 Å². The molecule has 4 heterocycles. The third-order valence-electron chi connectivity index (χ3n) is 6.77. The van der Waals surface area contributed by atoms with Gasteiger partial charge in [-0.05, 0) is 61.7 Å². The normalized spacial score (nSPS) is 15.8. The van der Waals surface area contributed by atoms with Crippen LogP contribution in [-0.2, 0) is 0 Å². The average Bonchev–Trinajstić information content (AvgIpc) is 3.57. The van der Waals surface area contributed by atoms with Gasteiger partial charge in [0.25, 0.3) is 0 Å². The first kappa shape index (κ1) is 21.8. The second kappa shape index (κ2) is 8.57. The number of thiophene rings is 1. The third-order valence-corrected chi connectivity index (χ3v) is 7.69. The molecule has 180 valence electrons. The van der Waals surface area contributed by atoms with Crippen LogP contribution < -0.4 is 10.2 Å². The molecule has 3 aromatic carbocycles. The van der Waals surface area contributed by atoms with E-state index in [-0.39, 0.29) is 6.04 Å². The lowest BCUT2D eigenvalue weighted by Crippen LogP contribution is -2.46. The smallest absolute Gasteiger partial charge is 0.179 e. The highest BCUT2D eigenvalue weighted by molar-refractivity contribution is 7.10. The van der Waals surface area contributed by atoms with Crippen LogP contribution in [0, 0.1) is 13.8 Å². The van der Waals surface area contributed by atoms with E-state index in [2.05, 4.69) is 84.0 Å². The fraction of sp³-hybridized carbons (Fsp3) is 0.100. The lowest BCUT2D eigenvalue weighted by molar-refractivity contribution is 0.830. The second-order valence-electron chi connectivity index (χ2n) is 9.23. The minimum Gasteiger partial charge on any atom is -0.337 e. The number of nitrogens with zero attached hydrogens (tertiary/aromatic N) is 5. The van der Waals surface area contributed by atoms with Crippen LogP contribution in [0.5, 0.6) is 0 Å². The van der Waals surface area contributed by atoms with Gasteiger partial charge in [-0.3, -0.25) is 0 Å². The van der Waals surface area contributed by atoms with E-state index in [0.717, 1.165) is 45.7 Å². The standard InChI is InChI=1S/C30H24N6S/c1-19-14-16-22(17-15-19)36-29-26(20(2)34-36)27(25-13-8-18-37-25)35-24-12-7-6-11-23(24)32-28(30(35)33-29)31-21-9-4-3-5-10-21/h3-18,27H,1-2H3,(H,31,32). The van der Waals surface area contributed by atoms with Crippen LogP contribution in [0.2, 0.25) is 0 Å². The van der Waals surface area contributed by atoms with Crippen LogP contribution in [0.15, 0.2) is 106 Å². The van der Waals surface area contributed by atoms with Crippen molar-refractivity contribution in [1.29, 1.82) is 0 Å². The van der Waals surface area contributed by atoms with Crippen molar-refractivity contribution in [2.24, 2.45) is 9.98 Å². The molecule has 0 fully saturated rings. The fourth-order valence-corrected chi connectivity index (χ4v) is 5.86. The zero-order chi connectivity index (χ0) is 24.9. The number of aryl methyl sites for hydroxylation is 2. The SMILES string of the molecule is Cc1ccc(-n2nc(C)c3c2N=C2C(Nc4ccccc4)=Nc4ccccc4N2C3c2cccs2)cc1. The predicted octanol–water partition coefficient (Wildman–Crippen LogP) is 7.35. The molecule has 2 aliphatic rings. The molecule has 0 amide bonds. The van der Waals surface area contributed by atoms with E-state index < -0.39 is 0 Å². The molecule has 1 atom stereocenters.